The molecule has 0 aliphatic rings. The zero-order chi connectivity index (χ0) is 22.7. The molecular weight excluding hydrogens is 424 g/mol. The Morgan fingerprint density at radius 3 is 2.62 bits per heavy atom. The minimum atomic E-state index is -0.762. The summed E-state index contributed by atoms with van der Waals surface area (Å²) in [5.41, 5.74) is 2.31. The number of benzene rings is 2. The largest absolute Gasteiger partial charge is 0.497 e. The van der Waals surface area contributed by atoms with Crippen LogP contribution in [-0.4, -0.2) is 34.5 Å². The van der Waals surface area contributed by atoms with Crippen LogP contribution in [0.4, 0.5) is 5.13 Å². The number of nitrogens with one attached hydrogen (secondary N) is 2. The van der Waals surface area contributed by atoms with E-state index in [9.17, 15) is 9.59 Å². The summed E-state index contributed by atoms with van der Waals surface area (Å²) >= 11 is 1.39. The van der Waals surface area contributed by atoms with Crippen molar-refractivity contribution < 1.29 is 14.3 Å². The number of ether oxygens (including phenoxy) is 1. The summed E-state index contributed by atoms with van der Waals surface area (Å²) in [6.45, 7) is 1.92. The number of thiazole rings is 1. The number of hydrogen-bond donors (Lipinski definition) is 2. The second-order valence-electron chi connectivity index (χ2n) is 7.49. The van der Waals surface area contributed by atoms with Gasteiger partial charge in [0.15, 0.2) is 5.13 Å². The Hall–Kier alpha value is -3.65. The fourth-order valence-electron chi connectivity index (χ4n) is 3.57. The number of hydrogen-bond acceptors (Lipinski definition) is 5. The van der Waals surface area contributed by atoms with Gasteiger partial charge in [-0.05, 0) is 36.8 Å². The molecule has 0 radical (unpaired) electrons. The van der Waals surface area contributed by atoms with E-state index in [1.165, 1.54) is 11.3 Å². The number of amides is 2. The number of aryl methyl sites for hydroxylation is 2. The van der Waals surface area contributed by atoms with E-state index < -0.39 is 6.04 Å². The quantitative estimate of drug-likeness (QED) is 0.449. The maximum atomic E-state index is 13.2. The van der Waals surface area contributed by atoms with Crippen LogP contribution in [0.5, 0.6) is 5.75 Å². The van der Waals surface area contributed by atoms with Crippen molar-refractivity contribution in [2.24, 2.45) is 7.05 Å². The Labute approximate surface area is 190 Å². The molecule has 2 N–H and O–H groups in total. The van der Waals surface area contributed by atoms with Crippen LogP contribution in [0.25, 0.3) is 10.9 Å². The molecule has 164 valence electrons. The summed E-state index contributed by atoms with van der Waals surface area (Å²) in [7, 11) is 3.43. The van der Waals surface area contributed by atoms with Crippen molar-refractivity contribution in [3.63, 3.8) is 0 Å². The van der Waals surface area contributed by atoms with E-state index in [0.717, 1.165) is 27.1 Å². The number of rotatable bonds is 7. The van der Waals surface area contributed by atoms with Crippen LogP contribution in [0.3, 0.4) is 0 Å². The third kappa shape index (κ3) is 4.65. The Bertz CT molecular complexity index is 1260. The molecule has 4 aromatic rings. The maximum Gasteiger partial charge on any atom is 0.268 e. The summed E-state index contributed by atoms with van der Waals surface area (Å²) in [6.07, 6.45) is 2.06. The third-order valence-corrected chi connectivity index (χ3v) is 6.07. The van der Waals surface area contributed by atoms with Gasteiger partial charge in [-0.25, -0.2) is 4.98 Å². The highest BCUT2D eigenvalue weighted by Crippen LogP contribution is 2.24. The Morgan fingerprint density at radius 1 is 1.16 bits per heavy atom. The van der Waals surface area contributed by atoms with Crippen molar-refractivity contribution in [2.75, 3.05) is 12.4 Å². The van der Waals surface area contributed by atoms with Crippen molar-refractivity contribution in [1.29, 1.82) is 0 Å². The van der Waals surface area contributed by atoms with Gasteiger partial charge < -0.3 is 19.9 Å². The van der Waals surface area contributed by atoms with Crippen molar-refractivity contribution in [1.82, 2.24) is 14.9 Å². The number of methoxy groups -OCH3 is 1. The van der Waals surface area contributed by atoms with Crippen LogP contribution < -0.4 is 15.4 Å². The summed E-state index contributed by atoms with van der Waals surface area (Å²) in [5, 5.41) is 7.14. The molecule has 0 fully saturated rings. The van der Waals surface area contributed by atoms with Gasteiger partial charge in [-0.3, -0.25) is 9.59 Å². The Kier molecular flexibility index (Phi) is 6.23. The van der Waals surface area contributed by atoms with Crippen molar-refractivity contribution in [3.05, 3.63) is 76.9 Å². The molecule has 0 aliphatic carbocycles. The van der Waals surface area contributed by atoms with Gasteiger partial charge in [-0.1, -0.05) is 30.3 Å². The van der Waals surface area contributed by atoms with Crippen LogP contribution in [0.2, 0.25) is 0 Å². The van der Waals surface area contributed by atoms with E-state index in [1.807, 2.05) is 67.1 Å². The average molecular weight is 449 g/mol. The normalized spacial score (nSPS) is 11.8. The molecule has 2 aromatic carbocycles. The first-order chi connectivity index (χ1) is 15.4. The van der Waals surface area contributed by atoms with Crippen LogP contribution >= 0.6 is 11.3 Å². The predicted octanol–water partition coefficient (Wildman–Crippen LogP) is 3.93. The van der Waals surface area contributed by atoms with E-state index in [1.54, 1.807) is 19.4 Å². The number of anilines is 1. The maximum absolute atomic E-state index is 13.2. The van der Waals surface area contributed by atoms with Crippen molar-refractivity contribution >= 4 is 39.2 Å². The highest BCUT2D eigenvalue weighted by atomic mass is 32.1. The Morgan fingerprint density at radius 2 is 1.94 bits per heavy atom. The number of carbonyl (C=O) groups excluding carboxylic acids is 2. The molecule has 2 aromatic heterocycles. The molecular formula is C24H24N4O3S. The van der Waals surface area contributed by atoms with Crippen molar-refractivity contribution in [3.8, 4) is 5.75 Å². The van der Waals surface area contributed by atoms with Gasteiger partial charge in [-0.15, -0.1) is 11.3 Å². The molecule has 1 atom stereocenters. The van der Waals surface area contributed by atoms with Gasteiger partial charge in [0.1, 0.15) is 17.5 Å². The number of fused-ring (bicyclic) bond motifs is 1. The van der Waals surface area contributed by atoms with Crippen molar-refractivity contribution in [2.45, 2.75) is 19.4 Å². The highest BCUT2D eigenvalue weighted by Gasteiger charge is 2.24. The lowest BCUT2D eigenvalue weighted by Crippen LogP contribution is -2.45. The molecule has 2 amide bonds. The first kappa shape index (κ1) is 21.6. The predicted molar refractivity (Wildman–Crippen MR) is 126 cm³/mol. The lowest BCUT2D eigenvalue weighted by molar-refractivity contribution is -0.118. The summed E-state index contributed by atoms with van der Waals surface area (Å²) < 4.78 is 7.10. The molecule has 0 unspecified atom stereocenters. The lowest BCUT2D eigenvalue weighted by atomic mass is 10.1. The van der Waals surface area contributed by atoms with Crippen LogP contribution in [0, 0.1) is 6.92 Å². The summed E-state index contributed by atoms with van der Waals surface area (Å²) in [5.74, 6) is 0.0844. The van der Waals surface area contributed by atoms with Gasteiger partial charge in [0.25, 0.3) is 5.91 Å². The van der Waals surface area contributed by atoms with Gasteiger partial charge in [-0.2, -0.15) is 0 Å². The molecule has 2 heterocycles. The molecule has 4 rings (SSSR count). The third-order valence-electron chi connectivity index (χ3n) is 5.24. The number of carbonyl (C=O) groups is 2. The molecule has 0 saturated carbocycles. The topological polar surface area (TPSA) is 85.2 Å². The van der Waals surface area contributed by atoms with Crippen LogP contribution in [0.1, 0.15) is 20.9 Å². The molecule has 0 bridgehead atoms. The van der Waals surface area contributed by atoms with E-state index >= 15 is 0 Å². The first-order valence-electron chi connectivity index (χ1n) is 10.2. The van der Waals surface area contributed by atoms with Gasteiger partial charge in [0.05, 0.1) is 7.11 Å². The molecule has 8 heteroatoms. The summed E-state index contributed by atoms with van der Waals surface area (Å²) in [6, 6.07) is 16.3. The van der Waals surface area contributed by atoms with Crippen LogP contribution in [0.15, 0.2) is 60.8 Å². The fraction of sp³-hybridized carbons (Fsp3) is 0.208. The van der Waals surface area contributed by atoms with Gasteiger partial charge in [0.2, 0.25) is 5.91 Å². The smallest absolute Gasteiger partial charge is 0.268 e. The number of nitrogens with zero attached hydrogens (tertiary/aromatic N) is 2. The summed E-state index contributed by atoms with van der Waals surface area (Å²) in [4.78, 5) is 31.4. The number of aromatic nitrogens is 2. The molecule has 7 nitrogen and oxygen atoms in total. The average Bonchev–Trinajstić information content (AvgIpc) is 3.36. The zero-order valence-electron chi connectivity index (χ0n) is 18.1. The van der Waals surface area contributed by atoms with Crippen LogP contribution in [-0.2, 0) is 18.3 Å². The monoisotopic (exact) mass is 448 g/mol. The van der Waals surface area contributed by atoms with Gasteiger partial charge >= 0.3 is 0 Å². The lowest BCUT2D eigenvalue weighted by Gasteiger charge is -2.18. The minimum Gasteiger partial charge on any atom is -0.497 e. The fourth-order valence-corrected chi connectivity index (χ4v) is 4.24. The second kappa shape index (κ2) is 9.23. The SMILES string of the molecule is COc1ccc2c(c1)cc(C(=O)N[C@H](Cc1ccccc1)C(=O)Nc1ncc(C)s1)n2C. The molecule has 0 saturated heterocycles. The minimum absolute atomic E-state index is 0.308. The molecule has 0 spiro atoms. The zero-order valence-corrected chi connectivity index (χ0v) is 18.9. The first-order valence-corrected chi connectivity index (χ1v) is 11.0. The van der Waals surface area contributed by atoms with E-state index in [-0.39, 0.29) is 11.8 Å². The second-order valence-corrected chi connectivity index (χ2v) is 8.73. The van der Waals surface area contributed by atoms with E-state index in [0.29, 0.717) is 17.2 Å². The molecule has 32 heavy (non-hydrogen) atoms. The van der Waals surface area contributed by atoms with Gasteiger partial charge in [0, 0.05) is 35.4 Å². The molecule has 0 aliphatic heterocycles. The highest BCUT2D eigenvalue weighted by molar-refractivity contribution is 7.15. The van der Waals surface area contributed by atoms with E-state index in [4.69, 9.17) is 4.74 Å². The standard InChI is InChI=1S/C24H24N4O3S/c1-15-14-25-24(32-15)27-22(29)19(11-16-7-5-4-6-8-16)26-23(30)21-13-17-12-18(31-3)9-10-20(17)28(21)2/h4-10,12-14,19H,11H2,1-3H3,(H,26,30)(H,25,27,29)/t19-/m1/s1. The van der Waals surface area contributed by atoms with E-state index in [2.05, 4.69) is 15.6 Å². The Balaban J connectivity index is 1.59.